The van der Waals surface area contributed by atoms with E-state index >= 15 is 0 Å². The van der Waals surface area contributed by atoms with Gasteiger partial charge in [-0.2, -0.15) is 0 Å². The van der Waals surface area contributed by atoms with E-state index in [2.05, 4.69) is 37.9 Å². The van der Waals surface area contributed by atoms with Gasteiger partial charge in [0.25, 0.3) is 0 Å². The van der Waals surface area contributed by atoms with Crippen molar-refractivity contribution in [2.75, 3.05) is 44.3 Å². The zero-order chi connectivity index (χ0) is 27.6. The maximum absolute atomic E-state index is 12.4. The molecule has 0 spiro atoms. The van der Waals surface area contributed by atoms with Crippen LogP contribution in [0.4, 0.5) is 10.5 Å². The van der Waals surface area contributed by atoms with Gasteiger partial charge in [-0.15, -0.1) is 5.10 Å². The normalized spacial score (nSPS) is 31.2. The van der Waals surface area contributed by atoms with Crippen LogP contribution in [-0.2, 0) is 19.8 Å². The Bertz CT molecular complexity index is 1230. The molecule has 5 aliphatic rings. The molecule has 3 unspecified atom stereocenters. The first-order valence-electron chi connectivity index (χ1n) is 14.8. The Kier molecular flexibility index (Phi) is 6.61. The number of nitrogens with zero attached hydrogens (tertiary/aromatic N) is 5. The molecule has 1 saturated carbocycles. The summed E-state index contributed by atoms with van der Waals surface area (Å²) in [6.07, 6.45) is 7.10. The molecule has 9 heteroatoms. The molecular weight excluding hydrogens is 494 g/mol. The van der Waals surface area contributed by atoms with Crippen molar-refractivity contribution in [3.63, 3.8) is 0 Å². The van der Waals surface area contributed by atoms with E-state index in [0.29, 0.717) is 31.0 Å². The molecule has 6 heterocycles. The van der Waals surface area contributed by atoms with Crippen LogP contribution in [0.25, 0.3) is 5.65 Å². The van der Waals surface area contributed by atoms with Gasteiger partial charge in [0, 0.05) is 32.1 Å². The summed E-state index contributed by atoms with van der Waals surface area (Å²) >= 11 is 0. The molecule has 1 aliphatic carbocycles. The zero-order valence-corrected chi connectivity index (χ0v) is 24.5. The van der Waals surface area contributed by atoms with E-state index in [1.54, 1.807) is 4.90 Å². The van der Waals surface area contributed by atoms with E-state index < -0.39 is 11.2 Å². The molecule has 4 saturated heterocycles. The summed E-state index contributed by atoms with van der Waals surface area (Å²) in [5, 5.41) is 5.00. The Morgan fingerprint density at radius 1 is 1.23 bits per heavy atom. The van der Waals surface area contributed by atoms with Gasteiger partial charge in [-0.25, -0.2) is 14.3 Å². The van der Waals surface area contributed by atoms with E-state index in [1.807, 2.05) is 25.3 Å². The van der Waals surface area contributed by atoms with Crippen LogP contribution in [0.2, 0.25) is 0 Å². The van der Waals surface area contributed by atoms with Gasteiger partial charge in [0.2, 0.25) is 0 Å². The number of carbonyl (C=O) groups is 1. The van der Waals surface area contributed by atoms with Crippen molar-refractivity contribution in [2.24, 2.45) is 17.3 Å². The zero-order valence-electron chi connectivity index (χ0n) is 24.5. The fraction of sp³-hybridized carbons (Fsp3) is 0.767. The summed E-state index contributed by atoms with van der Waals surface area (Å²) < 4.78 is 20.3. The molecule has 1 amide bonds. The first-order valence-corrected chi connectivity index (χ1v) is 14.8. The third-order valence-electron chi connectivity index (χ3n) is 9.65. The topological polar surface area (TPSA) is 81.4 Å². The van der Waals surface area contributed by atoms with Crippen molar-refractivity contribution in [1.82, 2.24) is 19.5 Å². The first kappa shape index (κ1) is 26.8. The second-order valence-electron chi connectivity index (χ2n) is 13.7. The number of hydrogen-bond donors (Lipinski definition) is 0. The number of aromatic nitrogens is 3. The molecule has 4 aliphatic heterocycles. The lowest BCUT2D eigenvalue weighted by Gasteiger charge is -2.43. The minimum Gasteiger partial charge on any atom is -0.444 e. The monoisotopic (exact) mass is 539 g/mol. The highest BCUT2D eigenvalue weighted by molar-refractivity contribution is 5.68. The minimum atomic E-state index is -0.473. The molecule has 5 fully saturated rings. The van der Waals surface area contributed by atoms with Crippen LogP contribution in [0.5, 0.6) is 0 Å². The number of carbonyl (C=O) groups excluding carboxylic acids is 1. The first-order chi connectivity index (χ1) is 18.5. The van der Waals surface area contributed by atoms with Crippen LogP contribution in [0.1, 0.15) is 78.1 Å². The van der Waals surface area contributed by atoms with Crippen molar-refractivity contribution in [3.05, 3.63) is 23.7 Å². The lowest BCUT2D eigenvalue weighted by molar-refractivity contribution is -0.114. The number of rotatable bonds is 6. The summed E-state index contributed by atoms with van der Waals surface area (Å²) in [6.45, 7) is 17.4. The predicted octanol–water partition coefficient (Wildman–Crippen LogP) is 4.94. The molecule has 4 atom stereocenters. The van der Waals surface area contributed by atoms with Crippen LogP contribution in [0.3, 0.4) is 0 Å². The van der Waals surface area contributed by atoms with Gasteiger partial charge in [0.1, 0.15) is 11.2 Å². The lowest BCUT2D eigenvalue weighted by Crippen LogP contribution is -2.49. The number of ether oxygens (including phenoxy) is 3. The lowest BCUT2D eigenvalue weighted by atomic mass is 9.64. The largest absolute Gasteiger partial charge is 0.444 e. The van der Waals surface area contributed by atoms with E-state index in [-0.39, 0.29) is 18.1 Å². The third kappa shape index (κ3) is 4.90. The van der Waals surface area contributed by atoms with Gasteiger partial charge in [-0.1, -0.05) is 13.8 Å². The van der Waals surface area contributed by atoms with Crippen molar-refractivity contribution in [2.45, 2.75) is 91.0 Å². The molecule has 2 aromatic rings. The molecule has 214 valence electrons. The van der Waals surface area contributed by atoms with Gasteiger partial charge in [0.15, 0.2) is 11.5 Å². The number of hydrogen-bond acceptors (Lipinski definition) is 7. The van der Waals surface area contributed by atoms with Crippen LogP contribution >= 0.6 is 0 Å². The summed E-state index contributed by atoms with van der Waals surface area (Å²) in [5.74, 6) is 1.55. The van der Waals surface area contributed by atoms with Gasteiger partial charge in [0.05, 0.1) is 31.2 Å². The Balaban J connectivity index is 1.11. The Morgan fingerprint density at radius 3 is 2.67 bits per heavy atom. The van der Waals surface area contributed by atoms with Gasteiger partial charge < -0.3 is 24.0 Å². The minimum absolute atomic E-state index is 0.147. The summed E-state index contributed by atoms with van der Waals surface area (Å²) in [5.41, 5.74) is 2.74. The Hall–Kier alpha value is -2.39. The van der Waals surface area contributed by atoms with Crippen LogP contribution in [0, 0.1) is 24.2 Å². The standard InChI is InChI=1S/C30H45N5O4/c1-7-29(6)10-13-34(19-29)22-14-20(2)25-31-26(32-35(25)16-22)30-15-21(17-38-30)24(30)18-37-23-8-11-33(12-9-23)27(36)39-28(3,4)5/h14,16,21,23-24H,7-13,15,17-19H2,1-6H3/t21?,24?,29-,30?/m0/s1. The summed E-state index contributed by atoms with van der Waals surface area (Å²) in [4.78, 5) is 21.7. The van der Waals surface area contributed by atoms with Crippen molar-refractivity contribution >= 4 is 17.4 Å². The second kappa shape index (κ2) is 9.61. The maximum atomic E-state index is 12.4. The fourth-order valence-corrected chi connectivity index (χ4v) is 6.88. The molecule has 0 radical (unpaired) electrons. The quantitative estimate of drug-likeness (QED) is 0.514. The van der Waals surface area contributed by atoms with E-state index in [0.717, 1.165) is 56.0 Å². The van der Waals surface area contributed by atoms with E-state index in [9.17, 15) is 4.79 Å². The smallest absolute Gasteiger partial charge is 0.410 e. The molecule has 2 bridgehead atoms. The number of fused-ring (bicyclic) bond motifs is 2. The number of aryl methyl sites for hydroxylation is 1. The number of piperidine rings is 1. The number of likely N-dealkylation sites (tertiary alicyclic amines) is 1. The van der Waals surface area contributed by atoms with Gasteiger partial charge in [-0.05, 0) is 82.8 Å². The van der Waals surface area contributed by atoms with Gasteiger partial charge in [-0.3, -0.25) is 0 Å². The van der Waals surface area contributed by atoms with E-state index in [4.69, 9.17) is 24.3 Å². The highest BCUT2D eigenvalue weighted by Gasteiger charge is 2.64. The molecule has 39 heavy (non-hydrogen) atoms. The molecule has 0 aromatic carbocycles. The Morgan fingerprint density at radius 2 is 2.00 bits per heavy atom. The molecule has 2 aromatic heterocycles. The van der Waals surface area contributed by atoms with E-state index in [1.165, 1.54) is 18.5 Å². The average Bonchev–Trinajstić information content (AvgIpc) is 3.66. The van der Waals surface area contributed by atoms with Crippen LogP contribution in [-0.4, -0.2) is 76.7 Å². The van der Waals surface area contributed by atoms with Crippen LogP contribution < -0.4 is 4.90 Å². The number of amides is 1. The fourth-order valence-electron chi connectivity index (χ4n) is 6.88. The van der Waals surface area contributed by atoms with Crippen molar-refractivity contribution in [3.8, 4) is 0 Å². The summed E-state index contributed by atoms with van der Waals surface area (Å²) in [6, 6.07) is 2.26. The molecule has 9 nitrogen and oxygen atoms in total. The molecular formula is C30H45N5O4. The maximum Gasteiger partial charge on any atom is 0.410 e. The SMILES string of the molecule is CC[C@@]1(C)CCN(c2cc(C)c3nc(C45CC(CO4)C5COC4CCN(C(=O)OC(C)(C)C)CC4)nn3c2)C1. The highest BCUT2D eigenvalue weighted by Crippen LogP contribution is 2.59. The van der Waals surface area contributed by atoms with Crippen molar-refractivity contribution in [1.29, 1.82) is 0 Å². The van der Waals surface area contributed by atoms with Gasteiger partial charge >= 0.3 is 6.09 Å². The number of anilines is 1. The second-order valence-corrected chi connectivity index (χ2v) is 13.7. The van der Waals surface area contributed by atoms with Crippen molar-refractivity contribution < 1.29 is 19.0 Å². The summed E-state index contributed by atoms with van der Waals surface area (Å²) in [7, 11) is 0. The third-order valence-corrected chi connectivity index (χ3v) is 9.65. The molecule has 7 rings (SSSR count). The highest BCUT2D eigenvalue weighted by atomic mass is 16.6. The van der Waals surface area contributed by atoms with Crippen LogP contribution in [0.15, 0.2) is 12.3 Å². The Labute approximate surface area is 232 Å². The average molecular weight is 540 g/mol. The predicted molar refractivity (Wildman–Crippen MR) is 149 cm³/mol. The molecule has 0 N–H and O–H groups in total. The number of pyridine rings is 1.